The third-order valence-electron chi connectivity index (χ3n) is 3.39. The maximum Gasteiger partial charge on any atom is 0.363 e. The van der Waals surface area contributed by atoms with Crippen LogP contribution in [0.15, 0.2) is 29.4 Å². The zero-order valence-electron chi connectivity index (χ0n) is 14.2. The Bertz CT molecular complexity index is 988. The first kappa shape index (κ1) is 19.1. The average Bonchev–Trinajstić information content (AvgIpc) is 2.64. The van der Waals surface area contributed by atoms with Crippen LogP contribution in [-0.4, -0.2) is 18.3 Å². The van der Waals surface area contributed by atoms with Gasteiger partial charge in [-0.1, -0.05) is 0 Å². The van der Waals surface area contributed by atoms with Crippen LogP contribution in [-0.2, 0) is 9.53 Å². The van der Waals surface area contributed by atoms with E-state index in [9.17, 15) is 14.4 Å². The van der Waals surface area contributed by atoms with Crippen LogP contribution in [0.1, 0.15) is 23.7 Å². The number of aromatic nitrogens is 1. The summed E-state index contributed by atoms with van der Waals surface area (Å²) >= 11 is 0. The van der Waals surface area contributed by atoms with Crippen LogP contribution in [0.25, 0.3) is 0 Å². The van der Waals surface area contributed by atoms with Gasteiger partial charge in [-0.2, -0.15) is 15.6 Å². The summed E-state index contributed by atoms with van der Waals surface area (Å²) in [5.41, 5.74) is 13.6. The molecule has 136 valence electrons. The molecule has 0 unspecified atom stereocenters. The molecule has 0 saturated heterocycles. The Balaban J connectivity index is 2.60. The number of nitrogens with zero attached hydrogens (tertiary/aromatic N) is 3. The molecule has 1 heterocycles. The van der Waals surface area contributed by atoms with Crippen LogP contribution in [0.5, 0.6) is 0 Å². The van der Waals surface area contributed by atoms with Crippen LogP contribution in [0.2, 0.25) is 0 Å². The number of hydrazone groups is 1. The molecule has 1 aromatic carbocycles. The maximum atomic E-state index is 13.0. The van der Waals surface area contributed by atoms with Crippen molar-refractivity contribution in [2.45, 2.75) is 6.92 Å². The summed E-state index contributed by atoms with van der Waals surface area (Å²) in [7, 11) is 0. The summed E-state index contributed by atoms with van der Waals surface area (Å²) in [6.45, 7) is 1.65. The number of carbonyl (C=O) groups excluding carboxylic acids is 1. The number of esters is 1. The average molecular weight is 368 g/mol. The van der Waals surface area contributed by atoms with Gasteiger partial charge in [-0.05, 0) is 31.2 Å². The van der Waals surface area contributed by atoms with Crippen molar-refractivity contribution in [3.8, 4) is 12.1 Å². The lowest BCUT2D eigenvalue weighted by Gasteiger charge is -2.09. The lowest BCUT2D eigenvalue weighted by Crippen LogP contribution is -2.32. The van der Waals surface area contributed by atoms with Crippen molar-refractivity contribution >= 4 is 28.9 Å². The van der Waals surface area contributed by atoms with Crippen LogP contribution in [0.3, 0.4) is 0 Å². The highest BCUT2D eigenvalue weighted by Crippen LogP contribution is 2.22. The molecule has 0 spiro atoms. The van der Waals surface area contributed by atoms with Gasteiger partial charge in [-0.25, -0.2) is 14.2 Å². The first-order valence-corrected chi connectivity index (χ1v) is 7.64. The number of benzene rings is 1. The summed E-state index contributed by atoms with van der Waals surface area (Å²) in [5, 5.41) is 22.5. The van der Waals surface area contributed by atoms with Crippen LogP contribution >= 0.6 is 0 Å². The monoisotopic (exact) mass is 368 g/mol. The minimum atomic E-state index is -0.858. The van der Waals surface area contributed by atoms with Gasteiger partial charge in [0, 0.05) is 0 Å². The number of hydrogen-bond acceptors (Lipinski definition) is 8. The second-order valence-corrected chi connectivity index (χ2v) is 5.10. The molecule has 0 atom stereocenters. The molecule has 0 radical (unpaired) electrons. The predicted molar refractivity (Wildman–Crippen MR) is 94.4 cm³/mol. The Morgan fingerprint density at radius 1 is 1.26 bits per heavy atom. The molecular formula is C17H15FN7O2+. The van der Waals surface area contributed by atoms with Gasteiger partial charge in [-0.15, -0.1) is 0 Å². The van der Waals surface area contributed by atoms with Crippen molar-refractivity contribution < 1.29 is 18.9 Å². The van der Waals surface area contributed by atoms with E-state index in [0.717, 1.165) is 0 Å². The summed E-state index contributed by atoms with van der Waals surface area (Å²) in [5.74, 6) is -1.44. The number of nitrogens with two attached hydrogens (primary N) is 2. The van der Waals surface area contributed by atoms with Gasteiger partial charge < -0.3 is 10.5 Å². The van der Waals surface area contributed by atoms with Gasteiger partial charge >= 0.3 is 5.97 Å². The lowest BCUT2D eigenvalue weighted by molar-refractivity contribution is -0.362. The van der Waals surface area contributed by atoms with Crippen molar-refractivity contribution in [2.75, 3.05) is 23.5 Å². The maximum absolute atomic E-state index is 13.0. The Hall–Kier alpha value is -4.18. The fourth-order valence-electron chi connectivity index (χ4n) is 2.13. The Kier molecular flexibility index (Phi) is 5.86. The van der Waals surface area contributed by atoms with E-state index < -0.39 is 11.8 Å². The molecule has 0 amide bonds. The van der Waals surface area contributed by atoms with Crippen LogP contribution in [0.4, 0.5) is 21.6 Å². The SMILES string of the molecule is CCOC(=O)C(=NNc1ccc(F)cc1)c1[nH+]c(N)c(C#N)c(N)c1C#N. The minimum Gasteiger partial charge on any atom is -0.461 e. The van der Waals surface area contributed by atoms with Crippen molar-refractivity contribution in [1.82, 2.24) is 0 Å². The molecule has 0 fully saturated rings. The highest BCUT2D eigenvalue weighted by Gasteiger charge is 2.28. The number of aromatic amines is 1. The number of nitriles is 2. The Morgan fingerprint density at radius 2 is 1.89 bits per heavy atom. The number of halogens is 1. The third kappa shape index (κ3) is 4.08. The molecule has 0 bridgehead atoms. The quantitative estimate of drug-likeness (QED) is 0.401. The lowest BCUT2D eigenvalue weighted by atomic mass is 10.0. The zero-order valence-corrected chi connectivity index (χ0v) is 14.2. The summed E-state index contributed by atoms with van der Waals surface area (Å²) in [6.07, 6.45) is 0. The van der Waals surface area contributed by atoms with Crippen molar-refractivity contribution in [1.29, 1.82) is 10.5 Å². The normalized spacial score (nSPS) is 10.6. The zero-order chi connectivity index (χ0) is 20.0. The van der Waals surface area contributed by atoms with E-state index in [4.69, 9.17) is 21.5 Å². The molecule has 1 aromatic heterocycles. The van der Waals surface area contributed by atoms with E-state index in [0.29, 0.717) is 5.69 Å². The summed E-state index contributed by atoms with van der Waals surface area (Å²) < 4.78 is 18.0. The number of pyridine rings is 1. The van der Waals surface area contributed by atoms with E-state index >= 15 is 0 Å². The minimum absolute atomic E-state index is 0.0531. The molecule has 6 N–H and O–H groups in total. The molecule has 2 aromatic rings. The number of nitrogens with one attached hydrogen (secondary N) is 2. The smallest absolute Gasteiger partial charge is 0.363 e. The van der Waals surface area contributed by atoms with E-state index in [2.05, 4.69) is 15.5 Å². The molecule has 0 saturated carbocycles. The molecular weight excluding hydrogens is 353 g/mol. The van der Waals surface area contributed by atoms with Gasteiger partial charge in [0.25, 0.3) is 5.82 Å². The summed E-state index contributed by atoms with van der Waals surface area (Å²) in [6, 6.07) is 8.81. The molecule has 27 heavy (non-hydrogen) atoms. The van der Waals surface area contributed by atoms with Gasteiger partial charge in [-0.3, -0.25) is 11.2 Å². The molecule has 10 heteroatoms. The number of ether oxygens (including phenoxy) is 1. The van der Waals surface area contributed by atoms with Crippen LogP contribution < -0.4 is 21.9 Å². The largest absolute Gasteiger partial charge is 0.461 e. The second kappa shape index (κ2) is 8.27. The van der Waals surface area contributed by atoms with Gasteiger partial charge in [0.1, 0.15) is 23.5 Å². The number of hydrogen-bond donors (Lipinski definition) is 3. The van der Waals surface area contributed by atoms with Crippen molar-refractivity contribution in [3.63, 3.8) is 0 Å². The second-order valence-electron chi connectivity index (χ2n) is 5.10. The number of carbonyl (C=O) groups is 1. The standard InChI is InChI=1S/C17H14FN7O2/c1-2-27-17(26)15(25-24-10-5-3-9(18)4-6-10)14-11(7-19)13(21)12(8-20)16(22)23-14/h3-6,24H,2H2,1H3,(H4,21,22,23)/p+1. The topological polar surface area (TPSA) is 164 Å². The number of H-pyrrole nitrogens is 1. The van der Waals surface area contributed by atoms with Crippen molar-refractivity contribution in [2.24, 2.45) is 5.10 Å². The van der Waals surface area contributed by atoms with E-state index in [1.165, 1.54) is 24.3 Å². The Labute approximate surface area is 153 Å². The van der Waals surface area contributed by atoms with Gasteiger partial charge in [0.15, 0.2) is 11.3 Å². The van der Waals surface area contributed by atoms with E-state index in [1.54, 1.807) is 13.0 Å². The fourth-order valence-corrected chi connectivity index (χ4v) is 2.13. The van der Waals surface area contributed by atoms with E-state index in [1.807, 2.05) is 6.07 Å². The predicted octanol–water partition coefficient (Wildman–Crippen LogP) is 0.927. The highest BCUT2D eigenvalue weighted by molar-refractivity contribution is 6.43. The molecule has 0 aliphatic rings. The van der Waals surface area contributed by atoms with Gasteiger partial charge in [0.2, 0.25) is 5.71 Å². The highest BCUT2D eigenvalue weighted by atomic mass is 19.1. The molecule has 2 rings (SSSR count). The fraction of sp³-hybridized carbons (Fsp3) is 0.118. The number of nitrogen functional groups attached to an aromatic ring is 2. The molecule has 0 aliphatic carbocycles. The van der Waals surface area contributed by atoms with Crippen LogP contribution in [0, 0.1) is 28.5 Å². The third-order valence-corrected chi connectivity index (χ3v) is 3.39. The first-order valence-electron chi connectivity index (χ1n) is 7.64. The molecule has 0 aliphatic heterocycles. The van der Waals surface area contributed by atoms with Gasteiger partial charge in [0.05, 0.1) is 18.0 Å². The molecule has 9 nitrogen and oxygen atoms in total. The Morgan fingerprint density at radius 3 is 2.44 bits per heavy atom. The number of rotatable bonds is 5. The van der Waals surface area contributed by atoms with Crippen molar-refractivity contribution in [3.05, 3.63) is 46.9 Å². The first-order chi connectivity index (χ1) is 12.9. The van der Waals surface area contributed by atoms with E-state index in [-0.39, 0.29) is 40.6 Å². The number of anilines is 3. The summed E-state index contributed by atoms with van der Waals surface area (Å²) in [4.78, 5) is 14.9.